The number of hydrogen-bond acceptors (Lipinski definition) is 3. The van der Waals surface area contributed by atoms with Crippen LogP contribution in [-0.2, 0) is 4.79 Å². The molecule has 0 aromatic rings. The monoisotopic (exact) mass is 256 g/mol. The predicted octanol–water partition coefficient (Wildman–Crippen LogP) is 1.72. The topological polar surface area (TPSA) is 46.3 Å². The molecular formula is C13H24N2OS. The third-order valence-corrected chi connectivity index (χ3v) is 5.15. The minimum atomic E-state index is 0.386. The van der Waals surface area contributed by atoms with E-state index >= 15 is 0 Å². The largest absolute Gasteiger partial charge is 0.343 e. The SMILES string of the molecule is NCC1CCN(C(=O)CC2CCSCC2)CC1. The molecule has 0 radical (unpaired) electrons. The van der Waals surface area contributed by atoms with E-state index in [4.69, 9.17) is 5.73 Å². The summed E-state index contributed by atoms with van der Waals surface area (Å²) < 4.78 is 0. The molecule has 3 nitrogen and oxygen atoms in total. The van der Waals surface area contributed by atoms with Crippen molar-refractivity contribution in [2.75, 3.05) is 31.1 Å². The highest BCUT2D eigenvalue weighted by molar-refractivity contribution is 7.99. The molecule has 0 aromatic carbocycles. The van der Waals surface area contributed by atoms with Gasteiger partial charge >= 0.3 is 0 Å². The second-order valence-electron chi connectivity index (χ2n) is 5.32. The first-order chi connectivity index (χ1) is 8.29. The molecule has 0 aliphatic carbocycles. The zero-order chi connectivity index (χ0) is 12.1. The summed E-state index contributed by atoms with van der Waals surface area (Å²) in [7, 11) is 0. The Hall–Kier alpha value is -0.220. The summed E-state index contributed by atoms with van der Waals surface area (Å²) in [5, 5.41) is 0. The van der Waals surface area contributed by atoms with Crippen LogP contribution in [0.4, 0.5) is 0 Å². The molecule has 0 unspecified atom stereocenters. The standard InChI is InChI=1S/C13H24N2OS/c14-10-12-1-5-15(6-2-12)13(16)9-11-3-7-17-8-4-11/h11-12H,1-10,14H2. The molecule has 2 aliphatic rings. The van der Waals surface area contributed by atoms with E-state index in [0.29, 0.717) is 17.7 Å². The van der Waals surface area contributed by atoms with Gasteiger partial charge in [-0.1, -0.05) is 0 Å². The molecule has 98 valence electrons. The van der Waals surface area contributed by atoms with E-state index in [1.807, 2.05) is 11.8 Å². The van der Waals surface area contributed by atoms with Gasteiger partial charge in [-0.2, -0.15) is 11.8 Å². The van der Waals surface area contributed by atoms with Gasteiger partial charge in [0.1, 0.15) is 0 Å². The number of piperidine rings is 1. The molecule has 2 heterocycles. The number of rotatable bonds is 3. The Bertz CT molecular complexity index is 246. The van der Waals surface area contributed by atoms with Crippen LogP contribution in [-0.4, -0.2) is 41.9 Å². The molecule has 2 fully saturated rings. The second-order valence-corrected chi connectivity index (χ2v) is 6.54. The second kappa shape index (κ2) is 6.64. The Kier molecular flexibility index (Phi) is 5.16. The molecule has 2 rings (SSSR count). The van der Waals surface area contributed by atoms with Gasteiger partial charge in [0.05, 0.1) is 0 Å². The van der Waals surface area contributed by atoms with E-state index in [1.54, 1.807) is 0 Å². The van der Waals surface area contributed by atoms with Crippen molar-refractivity contribution in [2.45, 2.75) is 32.1 Å². The highest BCUT2D eigenvalue weighted by Gasteiger charge is 2.24. The van der Waals surface area contributed by atoms with Crippen LogP contribution in [0.5, 0.6) is 0 Å². The Morgan fingerprint density at radius 1 is 1.12 bits per heavy atom. The van der Waals surface area contributed by atoms with Crippen LogP contribution in [0, 0.1) is 11.8 Å². The lowest BCUT2D eigenvalue weighted by Crippen LogP contribution is -2.40. The Labute approximate surface area is 108 Å². The van der Waals surface area contributed by atoms with Crippen LogP contribution in [0.1, 0.15) is 32.1 Å². The maximum Gasteiger partial charge on any atom is 0.222 e. The first-order valence-electron chi connectivity index (χ1n) is 6.85. The van der Waals surface area contributed by atoms with Crippen molar-refractivity contribution in [1.82, 2.24) is 4.90 Å². The third-order valence-electron chi connectivity index (χ3n) is 4.10. The smallest absolute Gasteiger partial charge is 0.222 e. The maximum absolute atomic E-state index is 12.1. The average Bonchev–Trinajstić information content (AvgIpc) is 2.40. The first kappa shape index (κ1) is 13.2. The number of amides is 1. The Morgan fingerprint density at radius 2 is 1.76 bits per heavy atom. The minimum absolute atomic E-state index is 0.386. The summed E-state index contributed by atoms with van der Waals surface area (Å²) in [5.74, 6) is 4.17. The number of carbonyl (C=O) groups is 1. The van der Waals surface area contributed by atoms with Crippen LogP contribution in [0.25, 0.3) is 0 Å². The minimum Gasteiger partial charge on any atom is -0.343 e. The molecule has 0 spiro atoms. The van der Waals surface area contributed by atoms with Gasteiger partial charge in [0.2, 0.25) is 5.91 Å². The summed E-state index contributed by atoms with van der Waals surface area (Å²) in [6.07, 6.45) is 5.45. The summed E-state index contributed by atoms with van der Waals surface area (Å²) in [6.45, 7) is 2.65. The van der Waals surface area contributed by atoms with Crippen molar-refractivity contribution in [3.8, 4) is 0 Å². The zero-order valence-electron chi connectivity index (χ0n) is 10.6. The van der Waals surface area contributed by atoms with Crippen molar-refractivity contribution in [3.05, 3.63) is 0 Å². The number of likely N-dealkylation sites (tertiary alicyclic amines) is 1. The number of hydrogen-bond donors (Lipinski definition) is 1. The molecule has 0 saturated carbocycles. The van der Waals surface area contributed by atoms with Gasteiger partial charge in [0.15, 0.2) is 0 Å². The molecular weight excluding hydrogens is 232 g/mol. The van der Waals surface area contributed by atoms with Gasteiger partial charge in [0.25, 0.3) is 0 Å². The van der Waals surface area contributed by atoms with E-state index < -0.39 is 0 Å². The molecule has 0 bridgehead atoms. The van der Waals surface area contributed by atoms with Gasteiger partial charge < -0.3 is 10.6 Å². The van der Waals surface area contributed by atoms with Gasteiger partial charge in [0, 0.05) is 19.5 Å². The Morgan fingerprint density at radius 3 is 2.35 bits per heavy atom. The average molecular weight is 256 g/mol. The van der Waals surface area contributed by atoms with Crippen molar-refractivity contribution in [2.24, 2.45) is 17.6 Å². The highest BCUT2D eigenvalue weighted by atomic mass is 32.2. The molecule has 2 N–H and O–H groups in total. The van der Waals surface area contributed by atoms with Crippen molar-refractivity contribution < 1.29 is 4.79 Å². The molecule has 2 saturated heterocycles. The van der Waals surface area contributed by atoms with Crippen LogP contribution >= 0.6 is 11.8 Å². The van der Waals surface area contributed by atoms with Gasteiger partial charge in [-0.05, 0) is 55.6 Å². The van der Waals surface area contributed by atoms with Crippen LogP contribution < -0.4 is 5.73 Å². The summed E-state index contributed by atoms with van der Waals surface area (Å²) in [6, 6.07) is 0. The van der Waals surface area contributed by atoms with Crippen LogP contribution in [0.15, 0.2) is 0 Å². The zero-order valence-corrected chi connectivity index (χ0v) is 11.4. The van der Waals surface area contributed by atoms with E-state index in [9.17, 15) is 4.79 Å². The first-order valence-corrected chi connectivity index (χ1v) is 8.00. The lowest BCUT2D eigenvalue weighted by atomic mass is 9.94. The van der Waals surface area contributed by atoms with Gasteiger partial charge in [-0.25, -0.2) is 0 Å². The fourth-order valence-corrected chi connectivity index (χ4v) is 3.95. The highest BCUT2D eigenvalue weighted by Crippen LogP contribution is 2.26. The van der Waals surface area contributed by atoms with E-state index in [0.717, 1.165) is 38.9 Å². The van der Waals surface area contributed by atoms with Gasteiger partial charge in [-0.3, -0.25) is 4.79 Å². The fraction of sp³-hybridized carbons (Fsp3) is 0.923. The molecule has 0 atom stereocenters. The van der Waals surface area contributed by atoms with E-state index in [-0.39, 0.29) is 0 Å². The normalized spacial score (nSPS) is 23.9. The summed E-state index contributed by atoms with van der Waals surface area (Å²) >= 11 is 2.03. The van der Waals surface area contributed by atoms with Gasteiger partial charge in [-0.15, -0.1) is 0 Å². The van der Waals surface area contributed by atoms with Crippen molar-refractivity contribution in [3.63, 3.8) is 0 Å². The Balaban J connectivity index is 1.72. The van der Waals surface area contributed by atoms with Crippen LogP contribution in [0.2, 0.25) is 0 Å². The van der Waals surface area contributed by atoms with Crippen molar-refractivity contribution >= 4 is 17.7 Å². The number of carbonyl (C=O) groups excluding carboxylic acids is 1. The van der Waals surface area contributed by atoms with E-state index in [2.05, 4.69) is 4.90 Å². The van der Waals surface area contributed by atoms with E-state index in [1.165, 1.54) is 24.3 Å². The molecule has 17 heavy (non-hydrogen) atoms. The number of nitrogens with two attached hydrogens (primary N) is 1. The summed E-state index contributed by atoms with van der Waals surface area (Å²) in [5.41, 5.74) is 5.67. The molecule has 2 aliphatic heterocycles. The lowest BCUT2D eigenvalue weighted by molar-refractivity contribution is -0.133. The number of nitrogens with zero attached hydrogens (tertiary/aromatic N) is 1. The molecule has 1 amide bonds. The lowest BCUT2D eigenvalue weighted by Gasteiger charge is -2.33. The summed E-state index contributed by atoms with van der Waals surface area (Å²) in [4.78, 5) is 14.2. The predicted molar refractivity (Wildman–Crippen MR) is 73.0 cm³/mol. The fourth-order valence-electron chi connectivity index (χ4n) is 2.74. The maximum atomic E-state index is 12.1. The third kappa shape index (κ3) is 3.88. The molecule has 0 aromatic heterocycles. The molecule has 4 heteroatoms. The van der Waals surface area contributed by atoms with Crippen LogP contribution in [0.3, 0.4) is 0 Å². The quantitative estimate of drug-likeness (QED) is 0.836. The van der Waals surface area contributed by atoms with Crippen molar-refractivity contribution in [1.29, 1.82) is 0 Å². The number of thioether (sulfide) groups is 1.